The van der Waals surface area contributed by atoms with Crippen molar-refractivity contribution in [3.63, 3.8) is 0 Å². The number of aromatic nitrogens is 1. The molecule has 0 saturated carbocycles. The minimum absolute atomic E-state index is 0.169. The van der Waals surface area contributed by atoms with E-state index in [1.165, 1.54) is 12.1 Å². The van der Waals surface area contributed by atoms with Gasteiger partial charge in [-0.05, 0) is 48.7 Å². The monoisotopic (exact) mass is 394 g/mol. The molecule has 1 fully saturated rings. The van der Waals surface area contributed by atoms with Crippen LogP contribution in [0.4, 0.5) is 4.39 Å². The molecule has 3 aromatic rings. The first-order valence-electron chi connectivity index (χ1n) is 9.81. The van der Waals surface area contributed by atoms with E-state index in [1.807, 2.05) is 18.2 Å². The van der Waals surface area contributed by atoms with Crippen molar-refractivity contribution in [3.8, 4) is 0 Å². The normalized spacial score (nSPS) is 17.3. The predicted molar refractivity (Wildman–Crippen MR) is 106 cm³/mol. The smallest absolute Gasteiger partial charge is 0.336 e. The van der Waals surface area contributed by atoms with Crippen LogP contribution in [0.25, 0.3) is 0 Å². The van der Waals surface area contributed by atoms with E-state index >= 15 is 0 Å². The maximum atomic E-state index is 13.4. The first-order chi connectivity index (χ1) is 14.1. The van der Waals surface area contributed by atoms with Crippen molar-refractivity contribution in [2.45, 2.75) is 31.7 Å². The summed E-state index contributed by atoms with van der Waals surface area (Å²) in [6.07, 6.45) is 4.21. The Morgan fingerprint density at radius 3 is 2.93 bits per heavy atom. The fourth-order valence-electron chi connectivity index (χ4n) is 3.95. The molecule has 1 aliphatic rings. The van der Waals surface area contributed by atoms with Gasteiger partial charge in [-0.3, -0.25) is 4.90 Å². The van der Waals surface area contributed by atoms with Crippen LogP contribution in [-0.4, -0.2) is 34.0 Å². The average molecular weight is 394 g/mol. The van der Waals surface area contributed by atoms with Crippen LogP contribution >= 0.6 is 0 Å². The third kappa shape index (κ3) is 4.71. The third-order valence-electron chi connectivity index (χ3n) is 5.34. The lowest BCUT2D eigenvalue weighted by molar-refractivity contribution is 0.0693. The number of piperidine rings is 1. The fourth-order valence-corrected chi connectivity index (χ4v) is 3.95. The molecule has 29 heavy (non-hydrogen) atoms. The van der Waals surface area contributed by atoms with Gasteiger partial charge in [0.2, 0.25) is 0 Å². The van der Waals surface area contributed by atoms with Crippen LogP contribution in [0, 0.1) is 5.82 Å². The number of hydrogen-bond donors (Lipinski definition) is 1. The second-order valence-corrected chi connectivity index (χ2v) is 7.51. The molecule has 5 nitrogen and oxygen atoms in total. The van der Waals surface area contributed by atoms with Gasteiger partial charge in [-0.1, -0.05) is 30.3 Å². The number of carboxylic acids is 1. The number of carbonyl (C=O) groups is 1. The Bertz CT molecular complexity index is 1000. The number of hydrogen-bond acceptors (Lipinski definition) is 4. The Morgan fingerprint density at radius 1 is 1.24 bits per heavy atom. The summed E-state index contributed by atoms with van der Waals surface area (Å²) in [5.74, 6) is 0.434. The van der Waals surface area contributed by atoms with Crippen molar-refractivity contribution < 1.29 is 18.7 Å². The summed E-state index contributed by atoms with van der Waals surface area (Å²) < 4.78 is 19.4. The highest BCUT2D eigenvalue weighted by Crippen LogP contribution is 2.28. The fraction of sp³-hybridized carbons (Fsp3) is 0.304. The molecule has 2 heterocycles. The van der Waals surface area contributed by atoms with Gasteiger partial charge in [-0.25, -0.2) is 14.2 Å². The molecule has 4 rings (SSSR count). The minimum atomic E-state index is -0.899. The number of carboxylic acid groups (broad SMARTS) is 1. The lowest BCUT2D eigenvalue weighted by Crippen LogP contribution is -2.34. The highest BCUT2D eigenvalue weighted by molar-refractivity contribution is 5.89. The van der Waals surface area contributed by atoms with Crippen molar-refractivity contribution in [2.24, 2.45) is 0 Å². The molecule has 150 valence electrons. The van der Waals surface area contributed by atoms with Crippen LogP contribution in [0.1, 0.15) is 51.9 Å². The summed E-state index contributed by atoms with van der Waals surface area (Å²) in [4.78, 5) is 18.2. The molecule has 0 spiro atoms. The van der Waals surface area contributed by atoms with Crippen LogP contribution < -0.4 is 0 Å². The largest absolute Gasteiger partial charge is 0.478 e. The molecule has 1 saturated heterocycles. The van der Waals surface area contributed by atoms with Gasteiger partial charge >= 0.3 is 5.97 Å². The molecule has 2 aromatic carbocycles. The van der Waals surface area contributed by atoms with E-state index in [4.69, 9.17) is 4.42 Å². The van der Waals surface area contributed by atoms with Crippen LogP contribution in [0.2, 0.25) is 0 Å². The Labute approximate surface area is 168 Å². The van der Waals surface area contributed by atoms with Crippen LogP contribution in [0.15, 0.2) is 59.1 Å². The topological polar surface area (TPSA) is 66.6 Å². The number of rotatable bonds is 6. The first kappa shape index (κ1) is 19.3. The minimum Gasteiger partial charge on any atom is -0.478 e. The summed E-state index contributed by atoms with van der Waals surface area (Å²) in [6.45, 7) is 2.28. The summed E-state index contributed by atoms with van der Waals surface area (Å²) in [6, 6.07) is 13.6. The van der Waals surface area contributed by atoms with Gasteiger partial charge in [0.1, 0.15) is 11.6 Å². The van der Waals surface area contributed by atoms with E-state index in [1.54, 1.807) is 24.4 Å². The zero-order chi connectivity index (χ0) is 20.2. The number of aromatic carboxylic acids is 1. The van der Waals surface area contributed by atoms with Crippen LogP contribution in [0.5, 0.6) is 0 Å². The second kappa shape index (κ2) is 8.57. The maximum Gasteiger partial charge on any atom is 0.336 e. The molecule has 1 atom stereocenters. The SMILES string of the molecule is O=C(O)c1ccccc1CN1CCC[C@@H](c2ncc(Cc3cccc(F)c3)o2)C1. The summed E-state index contributed by atoms with van der Waals surface area (Å²) >= 11 is 0. The standard InChI is InChI=1S/C23H23FN2O3/c24-19-8-3-5-16(11-19)12-20-13-25-22(29-20)18-7-4-10-26(15-18)14-17-6-1-2-9-21(17)23(27)28/h1-3,5-6,8-9,11,13,18H,4,7,10,12,14-15H2,(H,27,28)/t18-/m1/s1. The van der Waals surface area contributed by atoms with E-state index in [0.717, 1.165) is 42.8 Å². The highest BCUT2D eigenvalue weighted by atomic mass is 19.1. The average Bonchev–Trinajstić information content (AvgIpc) is 3.17. The molecule has 0 unspecified atom stereocenters. The molecule has 1 aromatic heterocycles. The molecule has 1 N–H and O–H groups in total. The Kier molecular flexibility index (Phi) is 5.71. The number of likely N-dealkylation sites (tertiary alicyclic amines) is 1. The van der Waals surface area contributed by atoms with Gasteiger partial charge in [0, 0.05) is 25.4 Å². The zero-order valence-corrected chi connectivity index (χ0v) is 16.1. The van der Waals surface area contributed by atoms with E-state index in [2.05, 4.69) is 9.88 Å². The molecule has 0 radical (unpaired) electrons. The van der Waals surface area contributed by atoms with Gasteiger partial charge in [0.05, 0.1) is 11.8 Å². The second-order valence-electron chi connectivity index (χ2n) is 7.51. The number of benzene rings is 2. The number of halogens is 1. The molecule has 1 aliphatic heterocycles. The van der Waals surface area contributed by atoms with Gasteiger partial charge in [0.25, 0.3) is 0 Å². The maximum absolute atomic E-state index is 13.4. The molecular weight excluding hydrogens is 371 g/mol. The molecular formula is C23H23FN2O3. The van der Waals surface area contributed by atoms with Gasteiger partial charge in [-0.2, -0.15) is 0 Å². The highest BCUT2D eigenvalue weighted by Gasteiger charge is 2.26. The molecule has 6 heteroatoms. The summed E-state index contributed by atoms with van der Waals surface area (Å²) in [5.41, 5.74) is 2.02. The summed E-state index contributed by atoms with van der Waals surface area (Å²) in [7, 11) is 0. The van der Waals surface area contributed by atoms with Gasteiger partial charge in [-0.15, -0.1) is 0 Å². The lowest BCUT2D eigenvalue weighted by atomic mass is 9.97. The van der Waals surface area contributed by atoms with E-state index < -0.39 is 5.97 Å². The van der Waals surface area contributed by atoms with Crippen molar-refractivity contribution in [3.05, 3.63) is 88.9 Å². The van der Waals surface area contributed by atoms with Crippen LogP contribution in [0.3, 0.4) is 0 Å². The lowest BCUT2D eigenvalue weighted by Gasteiger charge is -2.31. The quantitative estimate of drug-likeness (QED) is 0.668. The Hall–Kier alpha value is -2.99. The summed E-state index contributed by atoms with van der Waals surface area (Å²) in [5, 5.41) is 9.40. The Morgan fingerprint density at radius 2 is 2.10 bits per heavy atom. The van der Waals surface area contributed by atoms with Crippen molar-refractivity contribution in [2.75, 3.05) is 13.1 Å². The van der Waals surface area contributed by atoms with Gasteiger partial charge < -0.3 is 9.52 Å². The van der Waals surface area contributed by atoms with E-state index in [9.17, 15) is 14.3 Å². The van der Waals surface area contributed by atoms with Crippen molar-refractivity contribution >= 4 is 5.97 Å². The van der Waals surface area contributed by atoms with E-state index in [0.29, 0.717) is 24.4 Å². The number of nitrogens with zero attached hydrogens (tertiary/aromatic N) is 2. The predicted octanol–water partition coefficient (Wildman–Crippen LogP) is 4.48. The molecule has 0 amide bonds. The first-order valence-corrected chi connectivity index (χ1v) is 9.81. The molecule has 0 bridgehead atoms. The van der Waals surface area contributed by atoms with E-state index in [-0.39, 0.29) is 11.7 Å². The zero-order valence-electron chi connectivity index (χ0n) is 16.1. The van der Waals surface area contributed by atoms with Crippen LogP contribution in [-0.2, 0) is 13.0 Å². The third-order valence-corrected chi connectivity index (χ3v) is 5.34. The van der Waals surface area contributed by atoms with Crippen molar-refractivity contribution in [1.29, 1.82) is 0 Å². The Balaban J connectivity index is 1.43. The van der Waals surface area contributed by atoms with Crippen molar-refractivity contribution in [1.82, 2.24) is 9.88 Å². The van der Waals surface area contributed by atoms with Gasteiger partial charge in [0.15, 0.2) is 5.89 Å². The molecule has 0 aliphatic carbocycles. The number of oxazole rings is 1.